The van der Waals surface area contributed by atoms with Crippen molar-refractivity contribution in [3.8, 4) is 0 Å². The van der Waals surface area contributed by atoms with Gasteiger partial charge in [-0.2, -0.15) is 0 Å². The first-order valence-corrected chi connectivity index (χ1v) is 6.69. The van der Waals surface area contributed by atoms with Gasteiger partial charge in [0, 0.05) is 26.6 Å². The molecule has 1 N–H and O–H groups in total. The number of aliphatic hydroxyl groups is 1. The summed E-state index contributed by atoms with van der Waals surface area (Å²) in [5.74, 6) is 0.307. The van der Waals surface area contributed by atoms with Gasteiger partial charge >= 0.3 is 0 Å². The van der Waals surface area contributed by atoms with Crippen molar-refractivity contribution in [1.82, 2.24) is 14.9 Å². The molecule has 1 amide bonds. The highest BCUT2D eigenvalue weighted by atomic mass is 35.5. The molecule has 7 heteroatoms. The minimum atomic E-state index is -0.751. The van der Waals surface area contributed by atoms with Crippen LogP contribution in [0.3, 0.4) is 0 Å². The molecule has 1 rings (SSSR count). The summed E-state index contributed by atoms with van der Waals surface area (Å²) >= 11 is 5.98. The third kappa shape index (κ3) is 4.40. The van der Waals surface area contributed by atoms with E-state index in [9.17, 15) is 9.90 Å². The second kappa shape index (κ2) is 7.52. The number of ether oxygens (including phenoxy) is 1. The normalized spacial score (nSPS) is 12.6. The van der Waals surface area contributed by atoms with E-state index in [1.165, 1.54) is 18.2 Å². The quantitative estimate of drug-likeness (QED) is 0.858. The van der Waals surface area contributed by atoms with Crippen LogP contribution in [-0.4, -0.2) is 59.3 Å². The number of likely N-dealkylation sites (N-methyl/N-ethyl adjacent to an activating group) is 1. The highest BCUT2D eigenvalue weighted by Gasteiger charge is 2.21. The summed E-state index contributed by atoms with van der Waals surface area (Å²) in [5, 5.41) is 9.84. The number of carbonyl (C=O) groups excluding carboxylic acids is 1. The lowest BCUT2D eigenvalue weighted by Crippen LogP contribution is -2.36. The number of aliphatic hydroxyl groups excluding tert-OH is 1. The summed E-state index contributed by atoms with van der Waals surface area (Å²) in [4.78, 5) is 21.9. The Balaban J connectivity index is 2.88. The van der Waals surface area contributed by atoms with Gasteiger partial charge in [0.05, 0.1) is 23.9 Å². The SMILES string of the molecule is COCC(O)CN(C)C(=O)c1nc(C(C)C)ncc1Cl. The van der Waals surface area contributed by atoms with Gasteiger partial charge in [0.1, 0.15) is 5.82 Å². The lowest BCUT2D eigenvalue weighted by atomic mass is 10.2. The molecule has 0 fully saturated rings. The highest BCUT2D eigenvalue weighted by molar-refractivity contribution is 6.33. The first-order valence-electron chi connectivity index (χ1n) is 6.31. The molecule has 112 valence electrons. The van der Waals surface area contributed by atoms with E-state index in [2.05, 4.69) is 9.97 Å². The zero-order valence-corrected chi connectivity index (χ0v) is 12.9. The van der Waals surface area contributed by atoms with Crippen LogP contribution >= 0.6 is 11.6 Å². The average Bonchev–Trinajstić information content (AvgIpc) is 2.38. The van der Waals surface area contributed by atoms with Gasteiger partial charge in [-0.25, -0.2) is 9.97 Å². The Morgan fingerprint density at radius 3 is 2.75 bits per heavy atom. The molecule has 0 aliphatic heterocycles. The number of rotatable bonds is 6. The van der Waals surface area contributed by atoms with Crippen molar-refractivity contribution in [1.29, 1.82) is 0 Å². The molecule has 0 radical (unpaired) electrons. The molecular weight excluding hydrogens is 282 g/mol. The van der Waals surface area contributed by atoms with E-state index in [-0.39, 0.29) is 35.7 Å². The van der Waals surface area contributed by atoms with E-state index < -0.39 is 6.10 Å². The number of hydrogen-bond donors (Lipinski definition) is 1. The predicted octanol–water partition coefficient (Wildman–Crippen LogP) is 1.33. The first-order chi connectivity index (χ1) is 9.36. The monoisotopic (exact) mass is 301 g/mol. The standard InChI is InChI=1S/C13H20ClN3O3/c1-8(2)12-15-5-10(14)11(16-12)13(19)17(3)6-9(18)7-20-4/h5,8-9,18H,6-7H2,1-4H3. The van der Waals surface area contributed by atoms with Crippen LogP contribution in [0.1, 0.15) is 36.1 Å². The minimum absolute atomic E-state index is 0.100. The van der Waals surface area contributed by atoms with Gasteiger partial charge in [0.2, 0.25) is 0 Å². The van der Waals surface area contributed by atoms with Crippen LogP contribution in [-0.2, 0) is 4.74 Å². The Morgan fingerprint density at radius 2 is 2.20 bits per heavy atom. The molecule has 6 nitrogen and oxygen atoms in total. The fraction of sp³-hybridized carbons (Fsp3) is 0.615. The van der Waals surface area contributed by atoms with Crippen molar-refractivity contribution in [2.24, 2.45) is 0 Å². The maximum atomic E-state index is 12.3. The topological polar surface area (TPSA) is 75.6 Å². The van der Waals surface area contributed by atoms with E-state index in [0.717, 1.165) is 0 Å². The summed E-state index contributed by atoms with van der Waals surface area (Å²) in [7, 11) is 3.07. The molecule has 1 aromatic rings. The maximum Gasteiger partial charge on any atom is 0.273 e. The predicted molar refractivity (Wildman–Crippen MR) is 76.0 cm³/mol. The Morgan fingerprint density at radius 1 is 1.55 bits per heavy atom. The molecular formula is C13H20ClN3O3. The van der Waals surface area contributed by atoms with Crippen molar-refractivity contribution < 1.29 is 14.6 Å². The second-order valence-electron chi connectivity index (χ2n) is 4.87. The van der Waals surface area contributed by atoms with Crippen molar-refractivity contribution in [2.75, 3.05) is 27.3 Å². The van der Waals surface area contributed by atoms with Gasteiger partial charge in [0.15, 0.2) is 5.69 Å². The minimum Gasteiger partial charge on any atom is -0.389 e. The summed E-state index contributed by atoms with van der Waals surface area (Å²) < 4.78 is 4.82. The molecule has 0 aliphatic rings. The molecule has 0 saturated carbocycles. The van der Waals surface area contributed by atoms with Crippen LogP contribution in [0.15, 0.2) is 6.20 Å². The van der Waals surface area contributed by atoms with Crippen LogP contribution in [0.2, 0.25) is 5.02 Å². The Labute approximate surface area is 123 Å². The number of amides is 1. The first kappa shape index (κ1) is 16.8. The van der Waals surface area contributed by atoms with Crippen LogP contribution in [0, 0.1) is 0 Å². The van der Waals surface area contributed by atoms with Gasteiger partial charge in [-0.05, 0) is 0 Å². The summed E-state index contributed by atoms with van der Waals surface area (Å²) in [6, 6.07) is 0. The Hall–Kier alpha value is -1.24. The Bertz CT molecular complexity index is 468. The lowest BCUT2D eigenvalue weighted by Gasteiger charge is -2.20. The molecule has 1 aromatic heterocycles. The average molecular weight is 302 g/mol. The van der Waals surface area contributed by atoms with Crippen molar-refractivity contribution in [3.05, 3.63) is 22.7 Å². The van der Waals surface area contributed by atoms with Crippen molar-refractivity contribution in [3.63, 3.8) is 0 Å². The number of hydrogen-bond acceptors (Lipinski definition) is 5. The molecule has 1 unspecified atom stereocenters. The van der Waals surface area contributed by atoms with Crippen molar-refractivity contribution in [2.45, 2.75) is 25.9 Å². The third-order valence-corrected chi connectivity index (χ3v) is 2.95. The number of halogens is 1. The smallest absolute Gasteiger partial charge is 0.273 e. The molecule has 1 atom stereocenters. The van der Waals surface area contributed by atoms with Gasteiger partial charge < -0.3 is 14.7 Å². The van der Waals surface area contributed by atoms with Crippen molar-refractivity contribution >= 4 is 17.5 Å². The third-order valence-electron chi connectivity index (χ3n) is 2.67. The van der Waals surface area contributed by atoms with Gasteiger partial charge in [-0.3, -0.25) is 4.79 Å². The number of carbonyl (C=O) groups is 1. The highest BCUT2D eigenvalue weighted by Crippen LogP contribution is 2.17. The zero-order valence-electron chi connectivity index (χ0n) is 12.1. The summed E-state index contributed by atoms with van der Waals surface area (Å²) in [6.45, 7) is 4.17. The molecule has 0 aromatic carbocycles. The largest absolute Gasteiger partial charge is 0.389 e. The fourth-order valence-electron chi connectivity index (χ4n) is 1.63. The molecule has 1 heterocycles. The molecule has 0 aliphatic carbocycles. The van der Waals surface area contributed by atoms with E-state index in [0.29, 0.717) is 5.82 Å². The van der Waals surface area contributed by atoms with Crippen LogP contribution < -0.4 is 0 Å². The Kier molecular flexibility index (Phi) is 6.32. The van der Waals surface area contributed by atoms with Crippen LogP contribution in [0.4, 0.5) is 0 Å². The summed E-state index contributed by atoms with van der Waals surface area (Å²) in [5.41, 5.74) is 0.150. The zero-order chi connectivity index (χ0) is 15.3. The number of methoxy groups -OCH3 is 1. The van der Waals surface area contributed by atoms with Gasteiger partial charge in [-0.1, -0.05) is 25.4 Å². The maximum absolute atomic E-state index is 12.3. The molecule has 0 saturated heterocycles. The molecule has 20 heavy (non-hydrogen) atoms. The second-order valence-corrected chi connectivity index (χ2v) is 5.28. The fourth-order valence-corrected chi connectivity index (χ4v) is 1.81. The summed E-state index contributed by atoms with van der Waals surface area (Å²) in [6.07, 6.45) is 0.676. The van der Waals surface area contributed by atoms with Gasteiger partial charge in [0.25, 0.3) is 5.91 Å². The number of aromatic nitrogens is 2. The van der Waals surface area contributed by atoms with Crippen LogP contribution in [0.25, 0.3) is 0 Å². The van der Waals surface area contributed by atoms with E-state index in [1.807, 2.05) is 13.8 Å². The molecule has 0 spiro atoms. The van der Waals surface area contributed by atoms with Crippen LogP contribution in [0.5, 0.6) is 0 Å². The van der Waals surface area contributed by atoms with Gasteiger partial charge in [-0.15, -0.1) is 0 Å². The van der Waals surface area contributed by atoms with E-state index in [4.69, 9.17) is 16.3 Å². The lowest BCUT2D eigenvalue weighted by molar-refractivity contribution is 0.0377. The van der Waals surface area contributed by atoms with E-state index >= 15 is 0 Å². The molecule has 0 bridgehead atoms. The van der Waals surface area contributed by atoms with E-state index in [1.54, 1.807) is 7.05 Å². The number of nitrogens with zero attached hydrogens (tertiary/aromatic N) is 3.